The van der Waals surface area contributed by atoms with E-state index in [2.05, 4.69) is 20.8 Å². The lowest BCUT2D eigenvalue weighted by atomic mass is 10.2. The molecule has 0 aliphatic carbocycles. The summed E-state index contributed by atoms with van der Waals surface area (Å²) >= 11 is 1.15. The fourth-order valence-electron chi connectivity index (χ4n) is 4.38. The van der Waals surface area contributed by atoms with Crippen LogP contribution in [-0.4, -0.2) is 71.4 Å². The molecule has 3 aromatic carbocycles. The number of morpholine rings is 1. The Hall–Kier alpha value is -4.11. The van der Waals surface area contributed by atoms with E-state index in [1.165, 1.54) is 40.7 Å². The first kappa shape index (κ1) is 30.4. The third-order valence-corrected chi connectivity index (χ3v) is 9.39. The maximum atomic E-state index is 13.7. The Labute approximate surface area is 252 Å². The van der Waals surface area contributed by atoms with Gasteiger partial charge in [0.1, 0.15) is 5.82 Å². The van der Waals surface area contributed by atoms with Crippen LogP contribution in [-0.2, 0) is 26.1 Å². The normalized spacial score (nSPS) is 13.9. The standard InChI is InChI=1S/C29H29FN6O5S2/c1-20-3-2-4-23(17-20)32-27(37)19-42-29-34-33-26(36(29)24-9-7-22(30)8-10-24)18-31-28(38)21-5-11-25(12-6-21)43(39,40)35-13-15-41-16-14-35/h2-12,17H,13-16,18-19H2,1H3,(H,31,38)(H,32,37). The molecule has 0 atom stereocenters. The van der Waals surface area contributed by atoms with Crippen molar-refractivity contribution in [2.75, 3.05) is 37.4 Å². The average Bonchev–Trinajstić information content (AvgIpc) is 3.42. The van der Waals surface area contributed by atoms with Gasteiger partial charge in [0.25, 0.3) is 5.91 Å². The summed E-state index contributed by atoms with van der Waals surface area (Å²) in [6, 6.07) is 18.8. The number of aryl methyl sites for hydroxylation is 1. The Morgan fingerprint density at radius 3 is 2.42 bits per heavy atom. The SMILES string of the molecule is Cc1cccc(NC(=O)CSc2nnc(CNC(=O)c3ccc(S(=O)(=O)N4CCOCC4)cc3)n2-c2ccc(F)cc2)c1. The molecule has 11 nitrogen and oxygen atoms in total. The third kappa shape index (κ3) is 7.46. The minimum absolute atomic E-state index is 0.0346. The van der Waals surface area contributed by atoms with E-state index in [4.69, 9.17) is 4.74 Å². The van der Waals surface area contributed by atoms with Crippen LogP contribution >= 0.6 is 11.8 Å². The third-order valence-electron chi connectivity index (χ3n) is 6.55. The van der Waals surface area contributed by atoms with Gasteiger partial charge < -0.3 is 15.4 Å². The Bertz CT molecular complexity index is 1710. The number of anilines is 1. The molecule has 2 heterocycles. The second kappa shape index (κ2) is 13.5. The zero-order valence-electron chi connectivity index (χ0n) is 23.2. The lowest BCUT2D eigenvalue weighted by molar-refractivity contribution is -0.113. The minimum Gasteiger partial charge on any atom is -0.379 e. The van der Waals surface area contributed by atoms with E-state index >= 15 is 0 Å². The van der Waals surface area contributed by atoms with Gasteiger partial charge in [-0.1, -0.05) is 23.9 Å². The summed E-state index contributed by atoms with van der Waals surface area (Å²) in [5, 5.41) is 14.4. The first-order valence-electron chi connectivity index (χ1n) is 13.4. The number of carbonyl (C=O) groups is 2. The molecule has 43 heavy (non-hydrogen) atoms. The number of hydrogen-bond donors (Lipinski definition) is 2. The molecule has 14 heteroatoms. The summed E-state index contributed by atoms with van der Waals surface area (Å²) in [6.45, 7) is 3.12. The van der Waals surface area contributed by atoms with E-state index in [1.807, 2.05) is 25.1 Å². The zero-order chi connectivity index (χ0) is 30.4. The smallest absolute Gasteiger partial charge is 0.251 e. The second-order valence-electron chi connectivity index (χ2n) is 9.64. The predicted molar refractivity (Wildman–Crippen MR) is 159 cm³/mol. The molecule has 1 fully saturated rings. The number of aromatic nitrogens is 3. The number of nitrogens with zero attached hydrogens (tertiary/aromatic N) is 4. The molecule has 224 valence electrons. The van der Waals surface area contributed by atoms with Crippen molar-refractivity contribution in [1.29, 1.82) is 0 Å². The fraction of sp³-hybridized carbons (Fsp3) is 0.241. The molecule has 2 amide bonds. The Kier molecular flexibility index (Phi) is 9.50. The van der Waals surface area contributed by atoms with Gasteiger partial charge in [0.2, 0.25) is 15.9 Å². The van der Waals surface area contributed by atoms with Crippen LogP contribution in [0.25, 0.3) is 5.69 Å². The molecule has 0 radical (unpaired) electrons. The Balaban J connectivity index is 1.27. The molecule has 4 aromatic rings. The van der Waals surface area contributed by atoms with Crippen molar-refractivity contribution in [2.45, 2.75) is 23.5 Å². The highest BCUT2D eigenvalue weighted by molar-refractivity contribution is 7.99. The number of nitrogens with one attached hydrogen (secondary N) is 2. The molecule has 0 saturated carbocycles. The molecule has 1 aromatic heterocycles. The topological polar surface area (TPSA) is 136 Å². The molecule has 1 aliphatic heterocycles. The van der Waals surface area contributed by atoms with Crippen molar-refractivity contribution in [1.82, 2.24) is 24.4 Å². The van der Waals surface area contributed by atoms with Crippen molar-refractivity contribution < 1.29 is 27.1 Å². The number of halogens is 1. The number of amides is 2. The van der Waals surface area contributed by atoms with Crippen LogP contribution in [0, 0.1) is 12.7 Å². The highest BCUT2D eigenvalue weighted by atomic mass is 32.2. The van der Waals surface area contributed by atoms with Crippen LogP contribution in [0.2, 0.25) is 0 Å². The summed E-state index contributed by atoms with van der Waals surface area (Å²) in [5.41, 5.74) is 2.51. The van der Waals surface area contributed by atoms with Gasteiger partial charge in [-0.15, -0.1) is 10.2 Å². The number of carbonyl (C=O) groups excluding carboxylic acids is 2. The van der Waals surface area contributed by atoms with Crippen molar-refractivity contribution in [2.24, 2.45) is 0 Å². The Morgan fingerprint density at radius 2 is 1.72 bits per heavy atom. The number of thioether (sulfide) groups is 1. The van der Waals surface area contributed by atoms with Crippen molar-refractivity contribution in [3.63, 3.8) is 0 Å². The van der Waals surface area contributed by atoms with Crippen molar-refractivity contribution in [3.8, 4) is 5.69 Å². The summed E-state index contributed by atoms with van der Waals surface area (Å²) < 4.78 is 47.6. The maximum Gasteiger partial charge on any atom is 0.251 e. The number of benzene rings is 3. The predicted octanol–water partition coefficient (Wildman–Crippen LogP) is 3.40. The van der Waals surface area contributed by atoms with E-state index < -0.39 is 21.7 Å². The number of rotatable bonds is 10. The van der Waals surface area contributed by atoms with Crippen molar-refractivity contribution in [3.05, 3.63) is 95.6 Å². The van der Waals surface area contributed by atoms with Crippen LogP contribution < -0.4 is 10.6 Å². The van der Waals surface area contributed by atoms with Crippen LogP contribution in [0.15, 0.2) is 82.8 Å². The van der Waals surface area contributed by atoms with Gasteiger partial charge in [0.05, 0.1) is 30.4 Å². The van der Waals surface area contributed by atoms with Crippen molar-refractivity contribution >= 4 is 39.3 Å². The molecule has 5 rings (SSSR count). The second-order valence-corrected chi connectivity index (χ2v) is 12.5. The van der Waals surface area contributed by atoms with Crippen LogP contribution in [0.1, 0.15) is 21.7 Å². The highest BCUT2D eigenvalue weighted by Crippen LogP contribution is 2.23. The summed E-state index contributed by atoms with van der Waals surface area (Å²) in [7, 11) is -3.69. The van der Waals surface area contributed by atoms with Gasteiger partial charge in [-0.2, -0.15) is 4.31 Å². The molecule has 0 spiro atoms. The molecule has 2 N–H and O–H groups in total. The van der Waals surface area contributed by atoms with E-state index in [0.717, 1.165) is 17.3 Å². The lowest BCUT2D eigenvalue weighted by Gasteiger charge is -2.26. The van der Waals surface area contributed by atoms with Crippen LogP contribution in [0.4, 0.5) is 10.1 Å². The monoisotopic (exact) mass is 624 g/mol. The molecular weight excluding hydrogens is 595 g/mol. The molecule has 1 saturated heterocycles. The quantitative estimate of drug-likeness (QED) is 0.257. The largest absolute Gasteiger partial charge is 0.379 e. The Morgan fingerprint density at radius 1 is 1.00 bits per heavy atom. The van der Waals surface area contributed by atoms with Crippen LogP contribution in [0.3, 0.4) is 0 Å². The van der Waals surface area contributed by atoms with Gasteiger partial charge in [0.15, 0.2) is 11.0 Å². The van der Waals surface area contributed by atoms with Gasteiger partial charge in [-0.3, -0.25) is 14.2 Å². The first-order chi connectivity index (χ1) is 20.7. The van der Waals surface area contributed by atoms with Gasteiger partial charge in [0, 0.05) is 30.0 Å². The first-order valence-corrected chi connectivity index (χ1v) is 15.8. The zero-order valence-corrected chi connectivity index (χ0v) is 24.8. The average molecular weight is 625 g/mol. The number of ether oxygens (including phenoxy) is 1. The summed E-state index contributed by atoms with van der Waals surface area (Å²) in [4.78, 5) is 25.6. The van der Waals surface area contributed by atoms with Gasteiger partial charge >= 0.3 is 0 Å². The molecular formula is C29H29FN6O5S2. The summed E-state index contributed by atoms with van der Waals surface area (Å²) in [5.74, 6) is -0.709. The van der Waals surface area contributed by atoms with Crippen LogP contribution in [0.5, 0.6) is 0 Å². The molecule has 0 bridgehead atoms. The van der Waals surface area contributed by atoms with Gasteiger partial charge in [-0.05, 0) is 73.2 Å². The number of hydrogen-bond acceptors (Lipinski definition) is 8. The number of sulfonamides is 1. The lowest BCUT2D eigenvalue weighted by Crippen LogP contribution is -2.40. The summed E-state index contributed by atoms with van der Waals surface area (Å²) in [6.07, 6.45) is 0. The van der Waals surface area contributed by atoms with Gasteiger partial charge in [-0.25, -0.2) is 12.8 Å². The molecule has 1 aliphatic rings. The molecule has 0 unspecified atom stereocenters. The maximum absolute atomic E-state index is 13.7. The van der Waals surface area contributed by atoms with E-state index in [-0.39, 0.29) is 41.8 Å². The minimum atomic E-state index is -3.69. The van der Waals surface area contributed by atoms with E-state index in [1.54, 1.807) is 22.8 Å². The van der Waals surface area contributed by atoms with E-state index in [9.17, 15) is 22.4 Å². The fourth-order valence-corrected chi connectivity index (χ4v) is 6.56. The van der Waals surface area contributed by atoms with E-state index in [0.29, 0.717) is 35.6 Å². The highest BCUT2D eigenvalue weighted by Gasteiger charge is 2.26.